The van der Waals surface area contributed by atoms with Crippen LogP contribution >= 0.6 is 0 Å². The van der Waals surface area contributed by atoms with Gasteiger partial charge < -0.3 is 19.5 Å². The highest BCUT2D eigenvalue weighted by molar-refractivity contribution is 5.49. The van der Waals surface area contributed by atoms with Gasteiger partial charge in [0.05, 0.1) is 12.6 Å². The van der Waals surface area contributed by atoms with Crippen LogP contribution in [0.15, 0.2) is 30.3 Å². The van der Waals surface area contributed by atoms with Crippen LogP contribution in [0, 0.1) is 6.92 Å². The monoisotopic (exact) mass is 355 g/mol. The zero-order valence-electron chi connectivity index (χ0n) is 15.3. The third-order valence-corrected chi connectivity index (χ3v) is 5.20. The maximum absolute atomic E-state index is 9.84. The zero-order chi connectivity index (χ0) is 18.1. The van der Waals surface area contributed by atoms with E-state index >= 15 is 0 Å². The second kappa shape index (κ2) is 7.13. The molecule has 0 saturated heterocycles. The number of hydrogen-bond acceptors (Lipinski definition) is 6. The number of rotatable bonds is 3. The molecule has 2 aromatic rings. The van der Waals surface area contributed by atoms with Crippen molar-refractivity contribution in [3.63, 3.8) is 0 Å². The topological polar surface area (TPSA) is 58.1 Å². The molecule has 0 amide bonds. The van der Waals surface area contributed by atoms with Crippen LogP contribution in [-0.2, 0) is 13.1 Å². The van der Waals surface area contributed by atoms with Gasteiger partial charge in [-0.15, -0.1) is 0 Å². The Labute approximate surface area is 154 Å². The van der Waals surface area contributed by atoms with Crippen molar-refractivity contribution in [3.05, 3.63) is 47.2 Å². The molecule has 4 rings (SSSR count). The third-order valence-electron chi connectivity index (χ3n) is 5.20. The lowest BCUT2D eigenvalue weighted by atomic mass is 10.1. The number of fused-ring (bicyclic) bond motifs is 2. The third kappa shape index (κ3) is 3.34. The van der Waals surface area contributed by atoms with Gasteiger partial charge >= 0.3 is 0 Å². The van der Waals surface area contributed by atoms with Crippen LogP contribution in [0.2, 0.25) is 0 Å². The van der Waals surface area contributed by atoms with Crippen molar-refractivity contribution in [2.45, 2.75) is 32.5 Å². The molecule has 1 atom stereocenters. The van der Waals surface area contributed by atoms with Crippen molar-refractivity contribution in [2.75, 3.05) is 31.9 Å². The number of pyridine rings is 1. The van der Waals surface area contributed by atoms with E-state index in [9.17, 15) is 5.11 Å². The van der Waals surface area contributed by atoms with Crippen LogP contribution in [0.25, 0.3) is 0 Å². The number of aliphatic hydroxyl groups is 1. The molecule has 138 valence electrons. The number of anilines is 1. The fourth-order valence-corrected chi connectivity index (χ4v) is 3.67. The van der Waals surface area contributed by atoms with E-state index < -0.39 is 0 Å². The second-order valence-electron chi connectivity index (χ2n) is 7.07. The first-order valence-corrected chi connectivity index (χ1v) is 9.05. The van der Waals surface area contributed by atoms with Crippen molar-refractivity contribution in [2.24, 2.45) is 0 Å². The Morgan fingerprint density at radius 2 is 2.04 bits per heavy atom. The second-order valence-corrected chi connectivity index (χ2v) is 7.07. The maximum Gasteiger partial charge on any atom is 0.231 e. The van der Waals surface area contributed by atoms with Crippen LogP contribution < -0.4 is 14.4 Å². The van der Waals surface area contributed by atoms with E-state index in [0.717, 1.165) is 49.1 Å². The van der Waals surface area contributed by atoms with Crippen LogP contribution in [-0.4, -0.2) is 48.0 Å². The minimum atomic E-state index is 0.0719. The zero-order valence-corrected chi connectivity index (χ0v) is 15.3. The summed E-state index contributed by atoms with van der Waals surface area (Å²) in [7, 11) is 2.03. The smallest absolute Gasteiger partial charge is 0.231 e. The summed E-state index contributed by atoms with van der Waals surface area (Å²) in [5.41, 5.74) is 3.39. The van der Waals surface area contributed by atoms with Crippen LogP contribution in [0.1, 0.15) is 23.2 Å². The molecule has 1 aromatic heterocycles. The first-order chi connectivity index (χ1) is 12.6. The molecule has 26 heavy (non-hydrogen) atoms. The lowest BCUT2D eigenvalue weighted by Crippen LogP contribution is -2.41. The molecule has 1 N–H and O–H groups in total. The molecule has 1 aromatic carbocycles. The number of aliphatic hydroxyl groups excluding tert-OH is 1. The molecule has 0 fully saturated rings. The minimum absolute atomic E-state index is 0.0719. The Kier molecular flexibility index (Phi) is 4.70. The fraction of sp³-hybridized carbons (Fsp3) is 0.450. The number of ether oxygens (including phenoxy) is 2. The molecular formula is C20H25N3O3. The number of nitrogens with zero attached hydrogens (tertiary/aromatic N) is 3. The van der Waals surface area contributed by atoms with Gasteiger partial charge in [-0.2, -0.15) is 0 Å². The molecule has 6 nitrogen and oxygen atoms in total. The standard InChI is InChI=1S/C20H25N3O3/c1-14-3-5-16-11-23(8-7-17(12-24)22(2)20(16)21-14)10-15-4-6-18-19(9-15)26-13-25-18/h3-6,9,17,24H,7-8,10-13H2,1-2H3. The largest absolute Gasteiger partial charge is 0.454 e. The summed E-state index contributed by atoms with van der Waals surface area (Å²) in [6, 6.07) is 10.4. The summed E-state index contributed by atoms with van der Waals surface area (Å²) >= 11 is 0. The SMILES string of the molecule is Cc1ccc2c(n1)N(C)C(CO)CCN(Cc1ccc3c(c1)OCO3)C2. The van der Waals surface area contributed by atoms with E-state index in [-0.39, 0.29) is 12.6 Å². The Morgan fingerprint density at radius 3 is 2.88 bits per heavy atom. The van der Waals surface area contributed by atoms with Crippen LogP contribution in [0.5, 0.6) is 11.5 Å². The Bertz CT molecular complexity index is 796. The number of hydrogen-bond donors (Lipinski definition) is 1. The predicted octanol–water partition coefficient (Wildman–Crippen LogP) is 2.32. The maximum atomic E-state index is 9.84. The molecule has 0 aliphatic carbocycles. The first-order valence-electron chi connectivity index (χ1n) is 9.05. The van der Waals surface area contributed by atoms with Gasteiger partial charge in [0.25, 0.3) is 0 Å². The van der Waals surface area contributed by atoms with Gasteiger partial charge in [0, 0.05) is 37.9 Å². The Morgan fingerprint density at radius 1 is 1.19 bits per heavy atom. The van der Waals surface area contributed by atoms with Crippen molar-refractivity contribution in [1.29, 1.82) is 0 Å². The summed E-state index contributed by atoms with van der Waals surface area (Å²) in [5.74, 6) is 2.60. The highest BCUT2D eigenvalue weighted by atomic mass is 16.7. The molecule has 0 saturated carbocycles. The van der Waals surface area contributed by atoms with Gasteiger partial charge in [-0.3, -0.25) is 4.90 Å². The molecule has 2 aliphatic rings. The Balaban J connectivity index is 1.59. The average Bonchev–Trinajstić information content (AvgIpc) is 3.10. The lowest BCUT2D eigenvalue weighted by Gasteiger charge is -2.35. The first kappa shape index (κ1) is 17.1. The minimum Gasteiger partial charge on any atom is -0.454 e. The molecule has 6 heteroatoms. The molecule has 0 bridgehead atoms. The van der Waals surface area contributed by atoms with Gasteiger partial charge in [0.15, 0.2) is 11.5 Å². The van der Waals surface area contributed by atoms with E-state index in [0.29, 0.717) is 6.79 Å². The normalized spacial score (nSPS) is 19.8. The summed E-state index contributed by atoms with van der Waals surface area (Å²) in [4.78, 5) is 9.27. The van der Waals surface area contributed by atoms with E-state index in [2.05, 4.69) is 34.1 Å². The highest BCUT2D eigenvalue weighted by Gasteiger charge is 2.24. The summed E-state index contributed by atoms with van der Waals surface area (Å²) in [6.07, 6.45) is 0.895. The van der Waals surface area contributed by atoms with E-state index in [1.807, 2.05) is 20.0 Å². The van der Waals surface area contributed by atoms with Crippen molar-refractivity contribution >= 4 is 5.82 Å². The number of aryl methyl sites for hydroxylation is 1. The molecule has 1 unspecified atom stereocenters. The molecule has 0 radical (unpaired) electrons. The van der Waals surface area contributed by atoms with Gasteiger partial charge in [-0.25, -0.2) is 4.98 Å². The van der Waals surface area contributed by atoms with E-state index in [1.165, 1.54) is 11.1 Å². The van der Waals surface area contributed by atoms with Gasteiger partial charge in [0.2, 0.25) is 6.79 Å². The lowest BCUT2D eigenvalue weighted by molar-refractivity contribution is 0.174. The van der Waals surface area contributed by atoms with Crippen LogP contribution in [0.3, 0.4) is 0 Å². The van der Waals surface area contributed by atoms with E-state index in [1.54, 1.807) is 0 Å². The number of likely N-dealkylation sites (N-methyl/N-ethyl adjacent to an activating group) is 1. The van der Waals surface area contributed by atoms with Gasteiger partial charge in [-0.05, 0) is 37.1 Å². The fourth-order valence-electron chi connectivity index (χ4n) is 3.67. The Hall–Kier alpha value is -2.31. The average molecular weight is 355 g/mol. The summed E-state index contributed by atoms with van der Waals surface area (Å²) in [5, 5.41) is 9.84. The predicted molar refractivity (Wildman–Crippen MR) is 99.5 cm³/mol. The van der Waals surface area contributed by atoms with Gasteiger partial charge in [-0.1, -0.05) is 12.1 Å². The molecule has 2 aliphatic heterocycles. The number of benzene rings is 1. The molecule has 0 spiro atoms. The highest BCUT2D eigenvalue weighted by Crippen LogP contribution is 2.33. The van der Waals surface area contributed by atoms with Crippen LogP contribution in [0.4, 0.5) is 5.82 Å². The quantitative estimate of drug-likeness (QED) is 0.912. The summed E-state index contributed by atoms with van der Waals surface area (Å²) in [6.45, 7) is 5.00. The molecule has 3 heterocycles. The number of aromatic nitrogens is 1. The van der Waals surface area contributed by atoms with Gasteiger partial charge in [0.1, 0.15) is 5.82 Å². The van der Waals surface area contributed by atoms with Crippen molar-refractivity contribution in [1.82, 2.24) is 9.88 Å². The van der Waals surface area contributed by atoms with Crippen molar-refractivity contribution in [3.8, 4) is 11.5 Å². The van der Waals surface area contributed by atoms with E-state index in [4.69, 9.17) is 14.5 Å². The molecular weight excluding hydrogens is 330 g/mol. The summed E-state index contributed by atoms with van der Waals surface area (Å²) < 4.78 is 10.9. The van der Waals surface area contributed by atoms with Crippen molar-refractivity contribution < 1.29 is 14.6 Å².